The van der Waals surface area contributed by atoms with Crippen molar-refractivity contribution in [3.63, 3.8) is 0 Å². The summed E-state index contributed by atoms with van der Waals surface area (Å²) in [5.74, 6) is -0.108. The van der Waals surface area contributed by atoms with E-state index < -0.39 is 0 Å². The molecule has 3 amide bonds. The molecule has 1 saturated heterocycles. The Morgan fingerprint density at radius 3 is 2.65 bits per heavy atom. The van der Waals surface area contributed by atoms with Crippen molar-refractivity contribution in [2.24, 2.45) is 0 Å². The highest BCUT2D eigenvalue weighted by Crippen LogP contribution is 2.22. The fourth-order valence-electron chi connectivity index (χ4n) is 3.41. The fourth-order valence-corrected chi connectivity index (χ4v) is 3.41. The topological polar surface area (TPSA) is 96.8 Å². The van der Waals surface area contributed by atoms with Crippen LogP contribution in [0.5, 0.6) is 0 Å². The summed E-state index contributed by atoms with van der Waals surface area (Å²) in [5.41, 5.74) is 1.18. The van der Waals surface area contributed by atoms with Crippen LogP contribution in [0.1, 0.15) is 39.6 Å². The first-order valence-electron chi connectivity index (χ1n) is 9.01. The summed E-state index contributed by atoms with van der Waals surface area (Å²) in [6, 6.07) is 0. The number of methoxy groups -OCH3 is 1. The number of carbonyl (C=O) groups excluding carboxylic acids is 3. The number of nitrogens with zero attached hydrogens (tertiary/aromatic N) is 4. The number of carbonyl (C=O) groups is 3. The van der Waals surface area contributed by atoms with Gasteiger partial charge in [0.1, 0.15) is 5.69 Å². The number of amides is 3. The Labute approximate surface area is 152 Å². The molecule has 2 aliphatic heterocycles. The third-order valence-corrected chi connectivity index (χ3v) is 4.87. The number of imidazole rings is 1. The molecule has 1 aromatic heterocycles. The predicted octanol–water partition coefficient (Wildman–Crippen LogP) is -0.490. The van der Waals surface area contributed by atoms with Crippen LogP contribution in [-0.2, 0) is 22.5 Å². The number of hydrogen-bond donors (Lipinski definition) is 1. The maximum absolute atomic E-state index is 12.9. The van der Waals surface area contributed by atoms with Crippen LogP contribution in [-0.4, -0.2) is 84.0 Å². The molecule has 0 bridgehead atoms. The van der Waals surface area contributed by atoms with Crippen LogP contribution in [0.2, 0.25) is 0 Å². The van der Waals surface area contributed by atoms with Crippen LogP contribution in [0.4, 0.5) is 0 Å². The average molecular weight is 363 g/mol. The van der Waals surface area contributed by atoms with Gasteiger partial charge >= 0.3 is 0 Å². The lowest BCUT2D eigenvalue weighted by molar-refractivity contribution is -0.119. The van der Waals surface area contributed by atoms with E-state index in [4.69, 9.17) is 4.74 Å². The lowest BCUT2D eigenvalue weighted by atomic mass is 10.1. The van der Waals surface area contributed by atoms with Crippen LogP contribution in [0.15, 0.2) is 0 Å². The van der Waals surface area contributed by atoms with Crippen LogP contribution in [0.25, 0.3) is 0 Å². The van der Waals surface area contributed by atoms with Crippen molar-refractivity contribution < 1.29 is 19.1 Å². The summed E-state index contributed by atoms with van der Waals surface area (Å²) in [6.45, 7) is 3.53. The number of aromatic nitrogens is 2. The molecule has 3 heterocycles. The molecule has 0 unspecified atom stereocenters. The molecule has 3 rings (SSSR count). The number of piperazine rings is 1. The summed E-state index contributed by atoms with van der Waals surface area (Å²) < 4.78 is 6.84. The van der Waals surface area contributed by atoms with Gasteiger partial charge in [-0.25, -0.2) is 4.98 Å². The lowest BCUT2D eigenvalue weighted by Gasteiger charge is -2.32. The molecule has 142 valence electrons. The zero-order valence-corrected chi connectivity index (χ0v) is 15.1. The van der Waals surface area contributed by atoms with Crippen molar-refractivity contribution in [1.82, 2.24) is 24.7 Å². The molecule has 2 aliphatic rings. The largest absolute Gasteiger partial charge is 0.383 e. The number of hydrogen-bond acceptors (Lipinski definition) is 5. The fraction of sp³-hybridized carbons (Fsp3) is 0.647. The Morgan fingerprint density at radius 2 is 1.96 bits per heavy atom. The van der Waals surface area contributed by atoms with E-state index in [0.29, 0.717) is 57.4 Å². The number of fused-ring (bicyclic) bond motifs is 1. The molecule has 0 aromatic carbocycles. The van der Waals surface area contributed by atoms with Crippen LogP contribution >= 0.6 is 0 Å². The maximum Gasteiger partial charge on any atom is 0.290 e. The Balaban J connectivity index is 1.80. The SMILES string of the molecule is COCCNC(=O)c1nc(C(=O)N2CCN(C=O)CC2)n2c1CCCC2. The number of rotatable bonds is 6. The minimum atomic E-state index is -0.266. The summed E-state index contributed by atoms with van der Waals surface area (Å²) in [6.07, 6.45) is 3.50. The molecular weight excluding hydrogens is 338 g/mol. The van der Waals surface area contributed by atoms with Crippen LogP contribution < -0.4 is 5.32 Å². The molecule has 1 N–H and O–H groups in total. The van der Waals surface area contributed by atoms with E-state index >= 15 is 0 Å². The Kier molecular flexibility index (Phi) is 5.87. The molecule has 9 nitrogen and oxygen atoms in total. The molecule has 26 heavy (non-hydrogen) atoms. The van der Waals surface area contributed by atoms with Crippen molar-refractivity contribution in [3.05, 3.63) is 17.2 Å². The molecule has 1 aromatic rings. The minimum absolute atomic E-state index is 0.172. The summed E-state index contributed by atoms with van der Waals surface area (Å²) in [5, 5.41) is 2.79. The molecule has 0 radical (unpaired) electrons. The highest BCUT2D eigenvalue weighted by Gasteiger charge is 2.30. The van der Waals surface area contributed by atoms with E-state index in [0.717, 1.165) is 31.4 Å². The highest BCUT2D eigenvalue weighted by molar-refractivity contribution is 5.97. The predicted molar refractivity (Wildman–Crippen MR) is 92.9 cm³/mol. The minimum Gasteiger partial charge on any atom is -0.383 e. The smallest absolute Gasteiger partial charge is 0.290 e. The zero-order valence-electron chi connectivity index (χ0n) is 15.1. The second kappa shape index (κ2) is 8.31. The monoisotopic (exact) mass is 363 g/mol. The van der Waals surface area contributed by atoms with Crippen molar-refractivity contribution in [1.29, 1.82) is 0 Å². The van der Waals surface area contributed by atoms with Crippen molar-refractivity contribution in [2.75, 3.05) is 46.4 Å². The average Bonchev–Trinajstić information content (AvgIpc) is 3.07. The first-order chi connectivity index (χ1) is 12.7. The molecular formula is C17H25N5O4. The summed E-state index contributed by atoms with van der Waals surface area (Å²) in [4.78, 5) is 44.0. The van der Waals surface area contributed by atoms with Gasteiger partial charge in [-0.3, -0.25) is 14.4 Å². The normalized spacial score (nSPS) is 17.0. The van der Waals surface area contributed by atoms with E-state index in [1.807, 2.05) is 4.57 Å². The summed E-state index contributed by atoms with van der Waals surface area (Å²) in [7, 11) is 1.58. The van der Waals surface area contributed by atoms with Crippen molar-refractivity contribution in [3.8, 4) is 0 Å². The van der Waals surface area contributed by atoms with Gasteiger partial charge in [0, 0.05) is 46.4 Å². The molecule has 1 fully saturated rings. The van der Waals surface area contributed by atoms with E-state index in [1.54, 1.807) is 16.9 Å². The molecule has 9 heteroatoms. The molecule has 0 saturated carbocycles. The third kappa shape index (κ3) is 3.72. The Hall–Kier alpha value is -2.42. The van der Waals surface area contributed by atoms with Gasteiger partial charge in [0.15, 0.2) is 5.82 Å². The maximum atomic E-state index is 12.9. The van der Waals surface area contributed by atoms with Gasteiger partial charge < -0.3 is 24.4 Å². The quantitative estimate of drug-likeness (QED) is 0.543. The number of nitrogens with one attached hydrogen (secondary N) is 1. The zero-order chi connectivity index (χ0) is 18.5. The summed E-state index contributed by atoms with van der Waals surface area (Å²) >= 11 is 0. The lowest BCUT2D eigenvalue weighted by Crippen LogP contribution is -2.48. The van der Waals surface area contributed by atoms with Gasteiger partial charge in [0.2, 0.25) is 6.41 Å². The van der Waals surface area contributed by atoms with Gasteiger partial charge in [0.05, 0.1) is 12.3 Å². The van der Waals surface area contributed by atoms with Crippen molar-refractivity contribution >= 4 is 18.2 Å². The molecule has 0 spiro atoms. The highest BCUT2D eigenvalue weighted by atomic mass is 16.5. The van der Waals surface area contributed by atoms with Gasteiger partial charge in [0.25, 0.3) is 11.8 Å². The van der Waals surface area contributed by atoms with Gasteiger partial charge in [-0.2, -0.15) is 0 Å². The van der Waals surface area contributed by atoms with Crippen LogP contribution in [0, 0.1) is 0 Å². The Bertz CT molecular complexity index is 679. The first kappa shape index (κ1) is 18.4. The third-order valence-electron chi connectivity index (χ3n) is 4.87. The Morgan fingerprint density at radius 1 is 1.19 bits per heavy atom. The van der Waals surface area contributed by atoms with Crippen molar-refractivity contribution in [2.45, 2.75) is 25.8 Å². The van der Waals surface area contributed by atoms with Crippen LogP contribution in [0.3, 0.4) is 0 Å². The van der Waals surface area contributed by atoms with Gasteiger partial charge in [-0.15, -0.1) is 0 Å². The van der Waals surface area contributed by atoms with E-state index in [1.165, 1.54) is 0 Å². The standard InChI is InChI=1S/C17H25N5O4/c1-26-11-5-18-16(24)14-13-4-2-3-6-22(13)15(19-14)17(25)21-9-7-20(12-23)8-10-21/h12H,2-11H2,1H3,(H,18,24). The van der Waals surface area contributed by atoms with E-state index in [-0.39, 0.29) is 11.8 Å². The second-order valence-corrected chi connectivity index (χ2v) is 6.52. The second-order valence-electron chi connectivity index (χ2n) is 6.52. The first-order valence-corrected chi connectivity index (χ1v) is 9.01. The van der Waals surface area contributed by atoms with E-state index in [9.17, 15) is 14.4 Å². The van der Waals surface area contributed by atoms with E-state index in [2.05, 4.69) is 10.3 Å². The van der Waals surface area contributed by atoms with Gasteiger partial charge in [-0.05, 0) is 19.3 Å². The number of ether oxygens (including phenoxy) is 1. The molecule has 0 aliphatic carbocycles. The molecule has 0 atom stereocenters. The van der Waals surface area contributed by atoms with Gasteiger partial charge in [-0.1, -0.05) is 0 Å².